The van der Waals surface area contributed by atoms with Gasteiger partial charge in [0.2, 0.25) is 0 Å². The summed E-state index contributed by atoms with van der Waals surface area (Å²) < 4.78 is 4.89. The van der Waals surface area contributed by atoms with Gasteiger partial charge in [0.05, 0.1) is 13.0 Å². The Hall–Kier alpha value is -1.62. The normalized spacial score (nSPS) is 9.67. The summed E-state index contributed by atoms with van der Waals surface area (Å²) in [6, 6.07) is 7.54. The molecule has 2 N–H and O–H groups in total. The largest absolute Gasteiger partial charge is 0.466 e. The zero-order valence-corrected chi connectivity index (χ0v) is 11.5. The molecular formula is C13H18N2O2S. The van der Waals surface area contributed by atoms with Crippen LogP contribution in [0.1, 0.15) is 19.4 Å². The zero-order valence-electron chi connectivity index (χ0n) is 10.7. The lowest BCUT2D eigenvalue weighted by Crippen LogP contribution is -2.27. The van der Waals surface area contributed by atoms with E-state index in [2.05, 4.69) is 10.6 Å². The maximum absolute atomic E-state index is 11.3. The molecule has 0 bridgehead atoms. The number of ether oxygens (including phenoxy) is 1. The molecule has 0 saturated carbocycles. The van der Waals surface area contributed by atoms with E-state index < -0.39 is 0 Å². The summed E-state index contributed by atoms with van der Waals surface area (Å²) >= 11 is 5.08. The van der Waals surface area contributed by atoms with E-state index in [0.717, 1.165) is 17.8 Å². The molecule has 0 heterocycles. The number of carbonyl (C=O) groups excluding carboxylic acids is 1. The molecule has 0 unspecified atom stereocenters. The first-order valence-corrected chi connectivity index (χ1v) is 6.36. The van der Waals surface area contributed by atoms with Crippen LogP contribution in [-0.2, 0) is 16.0 Å². The number of benzene rings is 1. The molecule has 4 nitrogen and oxygen atoms in total. The molecule has 0 saturated heterocycles. The number of nitrogens with one attached hydrogen (secondary N) is 2. The molecule has 1 aromatic rings. The van der Waals surface area contributed by atoms with E-state index in [0.29, 0.717) is 18.1 Å². The molecule has 0 spiro atoms. The SMILES string of the molecule is CCNC(=S)Nc1ccc(CC(=O)OCC)cc1. The van der Waals surface area contributed by atoms with E-state index in [-0.39, 0.29) is 5.97 Å². The Morgan fingerprint density at radius 1 is 1.28 bits per heavy atom. The molecule has 0 aliphatic rings. The van der Waals surface area contributed by atoms with Crippen LogP contribution in [0, 0.1) is 0 Å². The fraction of sp³-hybridized carbons (Fsp3) is 0.385. The molecule has 1 rings (SSSR count). The van der Waals surface area contributed by atoms with Crippen molar-refractivity contribution in [1.82, 2.24) is 5.32 Å². The minimum absolute atomic E-state index is 0.207. The van der Waals surface area contributed by atoms with Gasteiger partial charge >= 0.3 is 5.97 Å². The van der Waals surface area contributed by atoms with Crippen molar-refractivity contribution in [1.29, 1.82) is 0 Å². The third kappa shape index (κ3) is 5.14. The van der Waals surface area contributed by atoms with E-state index in [9.17, 15) is 4.79 Å². The molecule has 0 aliphatic heterocycles. The summed E-state index contributed by atoms with van der Waals surface area (Å²) in [5, 5.41) is 6.65. The second kappa shape index (κ2) is 7.66. The summed E-state index contributed by atoms with van der Waals surface area (Å²) in [7, 11) is 0. The van der Waals surface area contributed by atoms with Crippen molar-refractivity contribution in [2.24, 2.45) is 0 Å². The number of carbonyl (C=O) groups is 1. The Balaban J connectivity index is 2.52. The van der Waals surface area contributed by atoms with Gasteiger partial charge in [-0.05, 0) is 43.8 Å². The second-order valence-electron chi connectivity index (χ2n) is 3.66. The van der Waals surface area contributed by atoms with Crippen molar-refractivity contribution in [3.63, 3.8) is 0 Å². The molecular weight excluding hydrogens is 248 g/mol. The lowest BCUT2D eigenvalue weighted by Gasteiger charge is -2.09. The average Bonchev–Trinajstić information content (AvgIpc) is 2.32. The van der Waals surface area contributed by atoms with Crippen LogP contribution in [-0.4, -0.2) is 24.2 Å². The standard InChI is InChI=1S/C13H18N2O2S/c1-3-14-13(18)15-11-7-5-10(6-8-11)9-12(16)17-4-2/h5-8H,3-4,9H2,1-2H3,(H2,14,15,18). The highest BCUT2D eigenvalue weighted by atomic mass is 32.1. The van der Waals surface area contributed by atoms with E-state index in [1.54, 1.807) is 6.92 Å². The maximum Gasteiger partial charge on any atom is 0.310 e. The van der Waals surface area contributed by atoms with Gasteiger partial charge in [0, 0.05) is 12.2 Å². The van der Waals surface area contributed by atoms with Crippen molar-refractivity contribution in [2.75, 3.05) is 18.5 Å². The second-order valence-corrected chi connectivity index (χ2v) is 4.07. The minimum Gasteiger partial charge on any atom is -0.466 e. The highest BCUT2D eigenvalue weighted by Gasteiger charge is 2.03. The fourth-order valence-corrected chi connectivity index (χ4v) is 1.68. The molecule has 0 radical (unpaired) electrons. The van der Waals surface area contributed by atoms with Gasteiger partial charge in [0.1, 0.15) is 0 Å². The van der Waals surface area contributed by atoms with Crippen LogP contribution in [0.4, 0.5) is 5.69 Å². The van der Waals surface area contributed by atoms with Gasteiger partial charge in [0.25, 0.3) is 0 Å². The Morgan fingerprint density at radius 3 is 2.50 bits per heavy atom. The van der Waals surface area contributed by atoms with E-state index >= 15 is 0 Å². The van der Waals surface area contributed by atoms with Gasteiger partial charge in [-0.2, -0.15) is 0 Å². The smallest absolute Gasteiger partial charge is 0.310 e. The molecule has 0 aliphatic carbocycles. The Morgan fingerprint density at radius 2 is 1.94 bits per heavy atom. The topological polar surface area (TPSA) is 50.4 Å². The van der Waals surface area contributed by atoms with E-state index in [1.807, 2.05) is 31.2 Å². The van der Waals surface area contributed by atoms with Crippen molar-refractivity contribution in [2.45, 2.75) is 20.3 Å². The summed E-state index contributed by atoms with van der Waals surface area (Å²) in [6.07, 6.45) is 0.297. The quantitative estimate of drug-likeness (QED) is 0.631. The van der Waals surface area contributed by atoms with Gasteiger partial charge in [-0.1, -0.05) is 12.1 Å². The number of esters is 1. The summed E-state index contributed by atoms with van der Waals surface area (Å²) in [5.74, 6) is -0.207. The molecule has 0 amide bonds. The van der Waals surface area contributed by atoms with Crippen LogP contribution in [0.25, 0.3) is 0 Å². The molecule has 0 aromatic heterocycles. The summed E-state index contributed by atoms with van der Waals surface area (Å²) in [4.78, 5) is 11.3. The van der Waals surface area contributed by atoms with Gasteiger partial charge in [-0.15, -0.1) is 0 Å². The highest BCUT2D eigenvalue weighted by molar-refractivity contribution is 7.80. The lowest BCUT2D eigenvalue weighted by atomic mass is 10.1. The van der Waals surface area contributed by atoms with Crippen molar-refractivity contribution < 1.29 is 9.53 Å². The summed E-state index contributed by atoms with van der Waals surface area (Å²) in [6.45, 7) is 4.98. The third-order valence-corrected chi connectivity index (χ3v) is 2.45. The number of anilines is 1. The molecule has 5 heteroatoms. The van der Waals surface area contributed by atoms with Gasteiger partial charge in [0.15, 0.2) is 5.11 Å². The first-order chi connectivity index (χ1) is 8.65. The maximum atomic E-state index is 11.3. The Kier molecular flexibility index (Phi) is 6.14. The van der Waals surface area contributed by atoms with E-state index in [4.69, 9.17) is 17.0 Å². The first kappa shape index (κ1) is 14.4. The molecule has 98 valence electrons. The van der Waals surface area contributed by atoms with Gasteiger partial charge in [-0.25, -0.2) is 0 Å². The predicted molar refractivity (Wildman–Crippen MR) is 76.7 cm³/mol. The van der Waals surface area contributed by atoms with Crippen LogP contribution < -0.4 is 10.6 Å². The van der Waals surface area contributed by atoms with Gasteiger partial charge in [-0.3, -0.25) is 4.79 Å². The van der Waals surface area contributed by atoms with Crippen LogP contribution in [0.2, 0.25) is 0 Å². The summed E-state index contributed by atoms with van der Waals surface area (Å²) in [5.41, 5.74) is 1.82. The first-order valence-electron chi connectivity index (χ1n) is 5.95. The molecule has 0 atom stereocenters. The van der Waals surface area contributed by atoms with Crippen molar-refractivity contribution >= 4 is 29.0 Å². The average molecular weight is 266 g/mol. The minimum atomic E-state index is -0.207. The van der Waals surface area contributed by atoms with Crippen LogP contribution >= 0.6 is 12.2 Å². The van der Waals surface area contributed by atoms with Crippen molar-refractivity contribution in [3.05, 3.63) is 29.8 Å². The zero-order chi connectivity index (χ0) is 13.4. The Labute approximate surface area is 113 Å². The van der Waals surface area contributed by atoms with Crippen LogP contribution in [0.15, 0.2) is 24.3 Å². The van der Waals surface area contributed by atoms with Crippen molar-refractivity contribution in [3.8, 4) is 0 Å². The number of hydrogen-bond donors (Lipinski definition) is 2. The monoisotopic (exact) mass is 266 g/mol. The number of rotatable bonds is 5. The number of thiocarbonyl (C=S) groups is 1. The Bertz CT molecular complexity index is 365. The fourth-order valence-electron chi connectivity index (χ4n) is 1.42. The van der Waals surface area contributed by atoms with Gasteiger partial charge < -0.3 is 15.4 Å². The number of hydrogen-bond acceptors (Lipinski definition) is 3. The predicted octanol–water partition coefficient (Wildman–Crippen LogP) is 2.10. The highest BCUT2D eigenvalue weighted by Crippen LogP contribution is 2.10. The molecule has 0 fully saturated rings. The lowest BCUT2D eigenvalue weighted by molar-refractivity contribution is -0.142. The van der Waals surface area contributed by atoms with Crippen LogP contribution in [0.3, 0.4) is 0 Å². The van der Waals surface area contributed by atoms with Crippen LogP contribution in [0.5, 0.6) is 0 Å². The molecule has 18 heavy (non-hydrogen) atoms. The third-order valence-electron chi connectivity index (χ3n) is 2.20. The molecule has 1 aromatic carbocycles. The van der Waals surface area contributed by atoms with E-state index in [1.165, 1.54) is 0 Å².